The van der Waals surface area contributed by atoms with Gasteiger partial charge in [-0.05, 0) is 86.5 Å². The van der Waals surface area contributed by atoms with Crippen LogP contribution in [0.3, 0.4) is 0 Å². The zero-order valence-electron chi connectivity index (χ0n) is 28.5. The number of halogens is 1. The lowest BCUT2D eigenvalue weighted by molar-refractivity contribution is 0.102. The Morgan fingerprint density at radius 1 is 0.854 bits per heavy atom. The number of rotatable bonds is 11. The first-order chi connectivity index (χ1) is 23.5. The molecule has 3 fully saturated rings. The Bertz CT molecular complexity index is 1540. The Labute approximate surface area is 289 Å². The molecule has 0 spiro atoms. The summed E-state index contributed by atoms with van der Waals surface area (Å²) in [5.74, 6) is 2.90. The molecule has 0 amide bonds. The number of oxazole rings is 1. The number of anilines is 2. The van der Waals surface area contributed by atoms with E-state index < -0.39 is 0 Å². The van der Waals surface area contributed by atoms with Crippen LogP contribution in [-0.2, 0) is 11.2 Å². The van der Waals surface area contributed by atoms with Crippen molar-refractivity contribution in [1.29, 1.82) is 0 Å². The number of hydrogen-bond donors (Lipinski definition) is 0. The van der Waals surface area contributed by atoms with Crippen molar-refractivity contribution >= 4 is 22.9 Å². The van der Waals surface area contributed by atoms with Gasteiger partial charge in [0.2, 0.25) is 11.8 Å². The maximum absolute atomic E-state index is 13.7. The topological polar surface area (TPSA) is 48.2 Å². The van der Waals surface area contributed by atoms with Crippen molar-refractivity contribution in [1.82, 2.24) is 14.8 Å². The summed E-state index contributed by atoms with van der Waals surface area (Å²) in [6.45, 7) is 6.68. The third kappa shape index (κ3) is 7.80. The Hall–Kier alpha value is -3.24. The molecule has 9 heteroatoms. The molecule has 1 saturated carbocycles. The maximum Gasteiger partial charge on any atom is 0.220 e. The van der Waals surface area contributed by atoms with Crippen molar-refractivity contribution < 1.29 is 13.5 Å². The third-order valence-electron chi connectivity index (χ3n) is 10.7. The van der Waals surface area contributed by atoms with Crippen molar-refractivity contribution in [2.75, 3.05) is 76.4 Å². The SMILES string of the molecule is CN(C)C(c1cccs1)C1CCC(CC(c2nc(Cc3ccccc3)c(N3CCOCC3)o2)N2CCN(c3ccc(F)cc3)CC2)CC1. The number of ether oxygens (including phenoxy) is 1. The van der Waals surface area contributed by atoms with E-state index in [9.17, 15) is 4.39 Å². The van der Waals surface area contributed by atoms with Crippen LogP contribution >= 0.6 is 11.3 Å². The molecule has 2 atom stereocenters. The Morgan fingerprint density at radius 3 is 2.25 bits per heavy atom. The first kappa shape index (κ1) is 33.3. The summed E-state index contributed by atoms with van der Waals surface area (Å²) in [4.78, 5) is 16.6. The van der Waals surface area contributed by atoms with E-state index in [1.807, 2.05) is 23.5 Å². The molecule has 2 saturated heterocycles. The number of aromatic nitrogens is 1. The van der Waals surface area contributed by atoms with Gasteiger partial charge >= 0.3 is 0 Å². The van der Waals surface area contributed by atoms with Gasteiger partial charge in [0.15, 0.2) is 0 Å². The highest BCUT2D eigenvalue weighted by atomic mass is 32.1. The number of benzene rings is 2. The van der Waals surface area contributed by atoms with Crippen LogP contribution in [0.15, 0.2) is 76.5 Å². The second kappa shape index (κ2) is 15.5. The van der Waals surface area contributed by atoms with Gasteiger partial charge in [0.1, 0.15) is 11.5 Å². The van der Waals surface area contributed by atoms with E-state index >= 15 is 0 Å². The number of piperazine rings is 1. The minimum atomic E-state index is -0.189. The Kier molecular flexibility index (Phi) is 10.8. The molecule has 3 aliphatic rings. The minimum absolute atomic E-state index is 0.119. The standard InChI is InChI=1S/C39H50FN5O2S/c1-42(2)37(36-9-6-26-48-36)31-12-10-30(11-13-31)28-35(44-20-18-43(19-21-44)33-16-14-32(40)15-17-33)38-41-34(27-29-7-4-3-5-8-29)39(47-38)45-22-24-46-25-23-45/h3-9,14-17,26,30-31,35,37H,10-13,18-25,27-28H2,1-2H3. The molecule has 4 aromatic rings. The molecule has 0 N–H and O–H groups in total. The fourth-order valence-corrected chi connectivity index (χ4v) is 9.21. The van der Waals surface area contributed by atoms with Crippen LogP contribution in [0.4, 0.5) is 16.0 Å². The molecule has 48 heavy (non-hydrogen) atoms. The quantitative estimate of drug-likeness (QED) is 0.162. The summed E-state index contributed by atoms with van der Waals surface area (Å²) in [6.07, 6.45) is 6.78. The molecule has 1 aliphatic carbocycles. The van der Waals surface area contributed by atoms with E-state index in [1.54, 1.807) is 12.1 Å². The van der Waals surface area contributed by atoms with E-state index in [1.165, 1.54) is 36.1 Å². The molecular weight excluding hydrogens is 622 g/mol. The molecule has 0 bridgehead atoms. The van der Waals surface area contributed by atoms with Crippen molar-refractivity contribution in [2.24, 2.45) is 11.8 Å². The predicted molar refractivity (Wildman–Crippen MR) is 193 cm³/mol. The lowest BCUT2D eigenvalue weighted by Gasteiger charge is -2.41. The largest absolute Gasteiger partial charge is 0.423 e. The van der Waals surface area contributed by atoms with Crippen LogP contribution in [0.25, 0.3) is 0 Å². The second-order valence-electron chi connectivity index (χ2n) is 14.0. The summed E-state index contributed by atoms with van der Waals surface area (Å²) in [5.41, 5.74) is 3.36. The number of nitrogens with zero attached hydrogens (tertiary/aromatic N) is 5. The van der Waals surface area contributed by atoms with Gasteiger partial charge in [-0.2, -0.15) is 0 Å². The van der Waals surface area contributed by atoms with E-state index in [0.717, 1.165) is 75.3 Å². The van der Waals surface area contributed by atoms with Crippen molar-refractivity contribution in [3.05, 3.63) is 100.0 Å². The van der Waals surface area contributed by atoms with Crippen molar-refractivity contribution in [3.8, 4) is 0 Å². The summed E-state index contributed by atoms with van der Waals surface area (Å²) in [6, 6.07) is 22.7. The normalized spacial score (nSPS) is 22.2. The summed E-state index contributed by atoms with van der Waals surface area (Å²) >= 11 is 1.89. The molecule has 4 heterocycles. The number of thiophene rings is 1. The third-order valence-corrected chi connectivity index (χ3v) is 11.7. The van der Waals surface area contributed by atoms with Gasteiger partial charge in [-0.25, -0.2) is 9.37 Å². The summed E-state index contributed by atoms with van der Waals surface area (Å²) < 4.78 is 26.3. The first-order valence-electron chi connectivity index (χ1n) is 17.8. The fourth-order valence-electron chi connectivity index (χ4n) is 8.20. The highest BCUT2D eigenvalue weighted by Gasteiger charge is 2.36. The van der Waals surface area contributed by atoms with Crippen LogP contribution in [0, 0.1) is 17.7 Å². The second-order valence-corrected chi connectivity index (χ2v) is 15.0. The van der Waals surface area contributed by atoms with Gasteiger partial charge in [0.05, 0.1) is 19.3 Å². The van der Waals surface area contributed by atoms with Gasteiger partial charge in [-0.15, -0.1) is 11.3 Å². The first-order valence-corrected chi connectivity index (χ1v) is 18.7. The molecule has 7 rings (SSSR count). The smallest absolute Gasteiger partial charge is 0.220 e. The van der Waals surface area contributed by atoms with E-state index in [2.05, 4.69) is 81.5 Å². The average molecular weight is 672 g/mol. The molecule has 0 radical (unpaired) electrons. The monoisotopic (exact) mass is 671 g/mol. The van der Waals surface area contributed by atoms with Crippen LogP contribution in [0.2, 0.25) is 0 Å². The summed E-state index contributed by atoms with van der Waals surface area (Å²) in [7, 11) is 4.47. The zero-order chi connectivity index (χ0) is 32.9. The Morgan fingerprint density at radius 2 is 1.58 bits per heavy atom. The lowest BCUT2D eigenvalue weighted by atomic mass is 9.75. The van der Waals surface area contributed by atoms with E-state index in [-0.39, 0.29) is 11.9 Å². The minimum Gasteiger partial charge on any atom is -0.423 e. The number of morpholine rings is 1. The Balaban J connectivity index is 1.13. The van der Waals surface area contributed by atoms with Crippen molar-refractivity contribution in [2.45, 2.75) is 50.6 Å². The van der Waals surface area contributed by atoms with Gasteiger partial charge in [-0.3, -0.25) is 4.90 Å². The van der Waals surface area contributed by atoms with Crippen LogP contribution < -0.4 is 9.80 Å². The molecule has 2 aromatic heterocycles. The molecule has 2 aromatic carbocycles. The average Bonchev–Trinajstić information content (AvgIpc) is 3.80. The van der Waals surface area contributed by atoms with Crippen LogP contribution in [-0.4, -0.2) is 81.4 Å². The van der Waals surface area contributed by atoms with Gasteiger partial charge in [0, 0.05) is 62.3 Å². The van der Waals surface area contributed by atoms with Crippen LogP contribution in [0.5, 0.6) is 0 Å². The van der Waals surface area contributed by atoms with Crippen LogP contribution in [0.1, 0.15) is 66.2 Å². The molecule has 2 unspecified atom stereocenters. The van der Waals surface area contributed by atoms with E-state index in [0.29, 0.717) is 31.1 Å². The van der Waals surface area contributed by atoms with Gasteiger partial charge in [-0.1, -0.05) is 49.2 Å². The summed E-state index contributed by atoms with van der Waals surface area (Å²) in [5, 5.41) is 2.21. The lowest BCUT2D eigenvalue weighted by Crippen LogP contribution is -2.48. The maximum atomic E-state index is 13.7. The molecule has 2 aliphatic heterocycles. The molecule has 256 valence electrons. The van der Waals surface area contributed by atoms with Gasteiger partial charge < -0.3 is 23.9 Å². The van der Waals surface area contributed by atoms with Crippen molar-refractivity contribution in [3.63, 3.8) is 0 Å². The van der Waals surface area contributed by atoms with Gasteiger partial charge in [0.25, 0.3) is 0 Å². The molecular formula is C39H50FN5O2S. The highest BCUT2D eigenvalue weighted by Crippen LogP contribution is 2.44. The molecule has 7 nitrogen and oxygen atoms in total. The number of hydrogen-bond acceptors (Lipinski definition) is 8. The fraction of sp³-hybridized carbons (Fsp3) is 0.513. The van der Waals surface area contributed by atoms with E-state index in [4.69, 9.17) is 14.1 Å². The predicted octanol–water partition coefficient (Wildman–Crippen LogP) is 7.67. The zero-order valence-corrected chi connectivity index (χ0v) is 29.3. The highest BCUT2D eigenvalue weighted by molar-refractivity contribution is 7.10.